The van der Waals surface area contributed by atoms with E-state index >= 15 is 0 Å². The van der Waals surface area contributed by atoms with Gasteiger partial charge in [0.1, 0.15) is 6.10 Å². The van der Waals surface area contributed by atoms with Crippen molar-refractivity contribution in [2.45, 2.75) is 138 Å². The third-order valence-electron chi connectivity index (χ3n) is 15.1. The average Bonchev–Trinajstić information content (AvgIpc) is 3.36. The first kappa shape index (κ1) is 34.9. The van der Waals surface area contributed by atoms with Gasteiger partial charge in [0.2, 0.25) is 0 Å². The van der Waals surface area contributed by atoms with Gasteiger partial charge < -0.3 is 19.7 Å². The van der Waals surface area contributed by atoms with E-state index in [0.717, 1.165) is 64.2 Å². The largest absolute Gasteiger partial charge is 0.481 e. The normalized spacial score (nSPS) is 42.4. The van der Waals surface area contributed by atoms with Gasteiger partial charge in [0.05, 0.1) is 32.3 Å². The van der Waals surface area contributed by atoms with Gasteiger partial charge in [-0.15, -0.1) is 0 Å². The minimum atomic E-state index is -0.980. The minimum Gasteiger partial charge on any atom is -0.481 e. The molecule has 5 saturated carbocycles. The molecule has 5 rings (SSSR count). The molecule has 0 heterocycles. The lowest BCUT2D eigenvalue weighted by Crippen LogP contribution is -2.67. The number of ether oxygens (including phenoxy) is 2. The van der Waals surface area contributed by atoms with Gasteiger partial charge in [0, 0.05) is 10.8 Å². The highest BCUT2D eigenvalue weighted by molar-refractivity contribution is 5.77. The van der Waals surface area contributed by atoms with E-state index in [0.29, 0.717) is 36.2 Å². The molecule has 0 spiro atoms. The Morgan fingerprint density at radius 1 is 0.717 bits per heavy atom. The summed E-state index contributed by atoms with van der Waals surface area (Å²) in [7, 11) is 0. The molecule has 0 aromatic rings. The maximum absolute atomic E-state index is 12.6. The number of allylic oxidation sites excluding steroid dienone is 1. The van der Waals surface area contributed by atoms with Crippen LogP contribution in [-0.4, -0.2) is 46.8 Å². The van der Waals surface area contributed by atoms with Crippen molar-refractivity contribution in [1.82, 2.24) is 0 Å². The van der Waals surface area contributed by atoms with Crippen molar-refractivity contribution in [3.8, 4) is 0 Å². The van der Waals surface area contributed by atoms with Gasteiger partial charge in [-0.05, 0) is 117 Å². The van der Waals surface area contributed by atoms with Crippen LogP contribution in [0.4, 0.5) is 0 Å². The third kappa shape index (κ3) is 5.61. The first-order valence-corrected chi connectivity index (χ1v) is 17.9. The molecule has 0 aromatic carbocycles. The number of carboxylic acids is 2. The Hall–Kier alpha value is -2.38. The number of hydrogen-bond donors (Lipinski definition) is 2. The average molecular weight is 643 g/mol. The summed E-state index contributed by atoms with van der Waals surface area (Å²) >= 11 is 0. The zero-order chi connectivity index (χ0) is 33.9. The Balaban J connectivity index is 1.38. The van der Waals surface area contributed by atoms with Gasteiger partial charge in [-0.25, -0.2) is 0 Å². The molecular formula is C38H58O8. The Labute approximate surface area is 275 Å². The van der Waals surface area contributed by atoms with Gasteiger partial charge in [0.15, 0.2) is 0 Å². The van der Waals surface area contributed by atoms with Crippen LogP contribution in [0.3, 0.4) is 0 Å². The fourth-order valence-electron chi connectivity index (χ4n) is 12.7. The third-order valence-corrected chi connectivity index (χ3v) is 15.1. The Kier molecular flexibility index (Phi) is 9.31. The van der Waals surface area contributed by atoms with E-state index in [-0.39, 0.29) is 58.9 Å². The zero-order valence-electron chi connectivity index (χ0n) is 29.1. The summed E-state index contributed by atoms with van der Waals surface area (Å²) in [6.45, 7) is 19.2. The summed E-state index contributed by atoms with van der Waals surface area (Å²) in [6.07, 6.45) is 9.79. The van der Waals surface area contributed by atoms with Crippen molar-refractivity contribution in [3.63, 3.8) is 0 Å². The Morgan fingerprint density at radius 2 is 1.37 bits per heavy atom. The van der Waals surface area contributed by atoms with E-state index in [2.05, 4.69) is 48.1 Å². The number of fused-ring (bicyclic) bond motifs is 7. The molecule has 5 aliphatic carbocycles. The molecule has 5 fully saturated rings. The van der Waals surface area contributed by atoms with Gasteiger partial charge >= 0.3 is 23.9 Å². The minimum absolute atomic E-state index is 0.0818. The molecule has 8 nitrogen and oxygen atoms in total. The van der Waals surface area contributed by atoms with E-state index in [1.807, 2.05) is 0 Å². The van der Waals surface area contributed by atoms with Crippen LogP contribution in [0.15, 0.2) is 12.2 Å². The van der Waals surface area contributed by atoms with Crippen LogP contribution in [0, 0.1) is 56.7 Å². The molecule has 0 amide bonds. The lowest BCUT2D eigenvalue weighted by molar-refractivity contribution is -0.252. The SMILES string of the molecule is C=C(C)[C@@H]1CC[C@]2(COC(=O)CCC(=O)O)CC[C@]3(C)C(CCC4[C@@]5(C)CC[C@H](OC(=O)CCC(=O)O)C(C)(C)C5CC[C@]43C)C12. The fraction of sp³-hybridized carbons (Fsp3) is 0.842. The van der Waals surface area contributed by atoms with Gasteiger partial charge in [-0.1, -0.05) is 46.8 Å². The maximum atomic E-state index is 12.6. The molecule has 0 saturated heterocycles. The molecule has 0 aliphatic heterocycles. The van der Waals surface area contributed by atoms with Gasteiger partial charge in [0.25, 0.3) is 0 Å². The van der Waals surface area contributed by atoms with Gasteiger partial charge in [-0.3, -0.25) is 19.2 Å². The van der Waals surface area contributed by atoms with E-state index in [9.17, 15) is 19.2 Å². The number of esters is 2. The van der Waals surface area contributed by atoms with Crippen LogP contribution in [0.25, 0.3) is 0 Å². The second-order valence-electron chi connectivity index (χ2n) is 17.3. The smallest absolute Gasteiger partial charge is 0.306 e. The molecule has 0 bridgehead atoms. The number of carbonyl (C=O) groups excluding carboxylic acids is 2. The predicted molar refractivity (Wildman–Crippen MR) is 174 cm³/mol. The molecule has 0 aromatic heterocycles. The summed E-state index contributed by atoms with van der Waals surface area (Å²) < 4.78 is 11.9. The molecule has 0 radical (unpaired) electrons. The second kappa shape index (κ2) is 12.3. The van der Waals surface area contributed by atoms with Crippen LogP contribution in [0.5, 0.6) is 0 Å². The molecule has 10 atom stereocenters. The summed E-state index contributed by atoms with van der Waals surface area (Å²) in [6, 6.07) is 0. The van der Waals surface area contributed by atoms with E-state index in [1.165, 1.54) is 5.57 Å². The first-order chi connectivity index (χ1) is 21.4. The highest BCUT2D eigenvalue weighted by Crippen LogP contribution is 2.77. The van der Waals surface area contributed by atoms with Gasteiger partial charge in [-0.2, -0.15) is 0 Å². The second-order valence-corrected chi connectivity index (χ2v) is 17.3. The maximum Gasteiger partial charge on any atom is 0.306 e. The molecule has 46 heavy (non-hydrogen) atoms. The van der Waals surface area contributed by atoms with Crippen molar-refractivity contribution >= 4 is 23.9 Å². The summed E-state index contributed by atoms with van der Waals surface area (Å²) in [5.74, 6) is -0.505. The Morgan fingerprint density at radius 3 is 2.00 bits per heavy atom. The highest BCUT2D eigenvalue weighted by Gasteiger charge is 2.71. The molecule has 258 valence electrons. The van der Waals surface area contributed by atoms with E-state index < -0.39 is 23.9 Å². The number of carbonyl (C=O) groups is 4. The van der Waals surface area contributed by atoms with Crippen LogP contribution < -0.4 is 0 Å². The summed E-state index contributed by atoms with van der Waals surface area (Å²) in [5.41, 5.74) is 1.35. The van der Waals surface area contributed by atoms with Crippen molar-refractivity contribution in [1.29, 1.82) is 0 Å². The quantitative estimate of drug-likeness (QED) is 0.182. The fourth-order valence-corrected chi connectivity index (χ4v) is 12.7. The molecule has 2 N–H and O–H groups in total. The number of hydrogen-bond acceptors (Lipinski definition) is 6. The Bertz CT molecular complexity index is 1250. The van der Waals surface area contributed by atoms with Crippen LogP contribution in [0.1, 0.15) is 131 Å². The molecule has 4 unspecified atom stereocenters. The lowest BCUT2D eigenvalue weighted by Gasteiger charge is -2.73. The van der Waals surface area contributed by atoms with Crippen molar-refractivity contribution in [3.05, 3.63) is 12.2 Å². The van der Waals surface area contributed by atoms with Crippen LogP contribution in [0.2, 0.25) is 0 Å². The topological polar surface area (TPSA) is 127 Å². The summed E-state index contributed by atoms with van der Waals surface area (Å²) in [5, 5.41) is 18.1. The first-order valence-electron chi connectivity index (χ1n) is 17.9. The molecular weight excluding hydrogens is 584 g/mol. The van der Waals surface area contributed by atoms with E-state index in [1.54, 1.807) is 0 Å². The monoisotopic (exact) mass is 642 g/mol. The number of rotatable bonds is 10. The van der Waals surface area contributed by atoms with E-state index in [4.69, 9.17) is 19.7 Å². The van der Waals surface area contributed by atoms with Crippen LogP contribution in [-0.2, 0) is 28.7 Å². The number of aliphatic carboxylic acids is 2. The van der Waals surface area contributed by atoms with Crippen molar-refractivity contribution in [2.75, 3.05) is 6.61 Å². The lowest BCUT2D eigenvalue weighted by atomic mass is 9.32. The predicted octanol–water partition coefficient (Wildman–Crippen LogP) is 7.83. The zero-order valence-corrected chi connectivity index (χ0v) is 29.1. The molecule has 5 aliphatic rings. The van der Waals surface area contributed by atoms with Crippen molar-refractivity contribution in [2.24, 2.45) is 56.7 Å². The molecule has 8 heteroatoms. The summed E-state index contributed by atoms with van der Waals surface area (Å²) in [4.78, 5) is 47.3. The number of carboxylic acid groups (broad SMARTS) is 2. The standard InChI is InChI=1S/C38H58O8/c1-23(2)24-14-19-38(22-45-31(43)12-10-29(39)40)21-20-36(6)25(33(24)38)8-9-27-35(5)17-16-28(46-32(44)13-11-30(41)42)34(3,4)26(35)15-18-37(27,36)7/h24-28,33H,1,8-22H2,2-7H3,(H,39,40)(H,41,42)/t24-,25?,26?,27?,28-,33?,35-,36+,37+,38+/m0/s1. The van der Waals surface area contributed by atoms with Crippen LogP contribution >= 0.6 is 0 Å². The highest BCUT2D eigenvalue weighted by atomic mass is 16.5. The van der Waals surface area contributed by atoms with Crippen molar-refractivity contribution < 1.29 is 38.9 Å².